The summed E-state index contributed by atoms with van der Waals surface area (Å²) in [6, 6.07) is 48.3. The number of hydrogen-bond donors (Lipinski definition) is 0. The first-order chi connectivity index (χ1) is 23.4. The average Bonchev–Trinajstić information content (AvgIpc) is 3.51. The molecule has 0 bridgehead atoms. The molecule has 1 unspecified atom stereocenters. The van der Waals surface area contributed by atoms with E-state index in [1.807, 2.05) is 121 Å². The lowest BCUT2D eigenvalue weighted by molar-refractivity contribution is 0.586. The molecule has 0 N–H and O–H groups in total. The van der Waals surface area contributed by atoms with Crippen LogP contribution in [-0.4, -0.2) is 15.0 Å². The number of furan rings is 1. The van der Waals surface area contributed by atoms with Crippen molar-refractivity contribution in [2.75, 3.05) is 0 Å². The first-order valence-corrected chi connectivity index (χ1v) is 17.8. The van der Waals surface area contributed by atoms with Gasteiger partial charge in [0.25, 0.3) is 0 Å². The van der Waals surface area contributed by atoms with Crippen molar-refractivity contribution in [3.8, 4) is 34.2 Å². The van der Waals surface area contributed by atoms with Gasteiger partial charge in [-0.3, -0.25) is 0 Å². The highest BCUT2D eigenvalue weighted by molar-refractivity contribution is 7.85. The standard InChI is InChI=1S/C42H30N3O2P/c1-42(2)33-20-12-13-21-37(33)48(46,30-18-10-5-11-19-30)38-25-32-31-24-29(22-23-35(31)47-36(32)26-34(38)42)41-44-39(27-14-6-3-7-15-27)43-40(45-41)28-16-8-4-9-17-28/h3-26H,1-2H3. The lowest BCUT2D eigenvalue weighted by Crippen LogP contribution is -2.42. The summed E-state index contributed by atoms with van der Waals surface area (Å²) in [7, 11) is -3.21. The number of aromatic nitrogens is 3. The van der Waals surface area contributed by atoms with E-state index in [2.05, 4.69) is 38.1 Å². The quantitative estimate of drug-likeness (QED) is 0.180. The van der Waals surface area contributed by atoms with Gasteiger partial charge < -0.3 is 8.98 Å². The molecule has 0 spiro atoms. The van der Waals surface area contributed by atoms with E-state index in [0.29, 0.717) is 17.5 Å². The van der Waals surface area contributed by atoms with Crippen LogP contribution in [0.1, 0.15) is 25.0 Å². The molecular weight excluding hydrogens is 609 g/mol. The summed E-state index contributed by atoms with van der Waals surface area (Å²) in [6.07, 6.45) is 0. The highest BCUT2D eigenvalue weighted by atomic mass is 31.2. The summed E-state index contributed by atoms with van der Waals surface area (Å²) in [5, 5.41) is 4.42. The van der Waals surface area contributed by atoms with Crippen molar-refractivity contribution < 1.29 is 8.98 Å². The minimum absolute atomic E-state index is 0.375. The molecular formula is C42H30N3O2P. The van der Waals surface area contributed by atoms with Gasteiger partial charge in [-0.25, -0.2) is 15.0 Å². The van der Waals surface area contributed by atoms with Crippen LogP contribution in [0.5, 0.6) is 0 Å². The van der Waals surface area contributed by atoms with Crippen molar-refractivity contribution in [1.82, 2.24) is 15.0 Å². The molecule has 1 atom stereocenters. The highest BCUT2D eigenvalue weighted by Crippen LogP contribution is 2.53. The molecule has 0 saturated carbocycles. The molecule has 0 fully saturated rings. The Morgan fingerprint density at radius 1 is 0.500 bits per heavy atom. The van der Waals surface area contributed by atoms with Crippen LogP contribution in [0.25, 0.3) is 56.1 Å². The van der Waals surface area contributed by atoms with Gasteiger partial charge in [-0.1, -0.05) is 129 Å². The minimum atomic E-state index is -3.21. The van der Waals surface area contributed by atoms with Gasteiger partial charge in [0.2, 0.25) is 0 Å². The van der Waals surface area contributed by atoms with Gasteiger partial charge in [-0.15, -0.1) is 0 Å². The second kappa shape index (κ2) is 10.7. The number of benzene rings is 6. The Balaban J connectivity index is 1.28. The molecule has 230 valence electrons. The molecule has 6 aromatic carbocycles. The third-order valence-corrected chi connectivity index (χ3v) is 12.7. The van der Waals surface area contributed by atoms with Crippen molar-refractivity contribution >= 4 is 45.0 Å². The monoisotopic (exact) mass is 639 g/mol. The Bertz CT molecular complexity index is 2500. The summed E-state index contributed by atoms with van der Waals surface area (Å²) in [4.78, 5) is 14.8. The first kappa shape index (κ1) is 28.6. The van der Waals surface area contributed by atoms with Crippen molar-refractivity contribution in [2.24, 2.45) is 0 Å². The third kappa shape index (κ3) is 4.32. The van der Waals surface area contributed by atoms with Gasteiger partial charge in [0.05, 0.1) is 0 Å². The van der Waals surface area contributed by atoms with Crippen molar-refractivity contribution in [1.29, 1.82) is 0 Å². The number of rotatable bonds is 4. The summed E-state index contributed by atoms with van der Waals surface area (Å²) in [5.74, 6) is 1.78. The second-order valence-electron chi connectivity index (χ2n) is 12.8. The van der Waals surface area contributed by atoms with Crippen molar-refractivity contribution in [3.63, 3.8) is 0 Å². The Morgan fingerprint density at radius 3 is 1.69 bits per heavy atom. The zero-order valence-corrected chi connectivity index (χ0v) is 27.4. The van der Waals surface area contributed by atoms with Crippen LogP contribution < -0.4 is 15.9 Å². The number of fused-ring (bicyclic) bond motifs is 5. The highest BCUT2D eigenvalue weighted by Gasteiger charge is 2.45. The second-order valence-corrected chi connectivity index (χ2v) is 15.5. The largest absolute Gasteiger partial charge is 0.456 e. The smallest absolute Gasteiger partial charge is 0.171 e. The normalized spacial score (nSPS) is 16.5. The van der Waals surface area contributed by atoms with Crippen LogP contribution in [-0.2, 0) is 9.98 Å². The maximum Gasteiger partial charge on any atom is 0.171 e. The van der Waals surface area contributed by atoms with E-state index in [9.17, 15) is 0 Å². The lowest BCUT2D eigenvalue weighted by Gasteiger charge is -2.39. The van der Waals surface area contributed by atoms with E-state index in [0.717, 1.165) is 65.7 Å². The number of nitrogens with zero attached hydrogens (tertiary/aromatic N) is 3. The van der Waals surface area contributed by atoms with Gasteiger partial charge in [-0.2, -0.15) is 0 Å². The van der Waals surface area contributed by atoms with Crippen molar-refractivity contribution in [3.05, 3.63) is 157 Å². The van der Waals surface area contributed by atoms with E-state index in [-0.39, 0.29) is 5.41 Å². The molecule has 5 nitrogen and oxygen atoms in total. The maximum atomic E-state index is 15.6. The topological polar surface area (TPSA) is 68.9 Å². The fourth-order valence-corrected chi connectivity index (χ4v) is 10.5. The summed E-state index contributed by atoms with van der Waals surface area (Å²) in [6.45, 7) is 4.42. The van der Waals surface area contributed by atoms with E-state index in [4.69, 9.17) is 19.4 Å². The van der Waals surface area contributed by atoms with Gasteiger partial charge >= 0.3 is 0 Å². The van der Waals surface area contributed by atoms with Crippen LogP contribution in [0.4, 0.5) is 0 Å². The summed E-state index contributed by atoms with van der Waals surface area (Å²) < 4.78 is 22.2. The minimum Gasteiger partial charge on any atom is -0.456 e. The Morgan fingerprint density at radius 2 is 1.04 bits per heavy atom. The summed E-state index contributed by atoms with van der Waals surface area (Å²) in [5.41, 5.74) is 5.92. The molecule has 1 aliphatic rings. The Kier molecular flexibility index (Phi) is 6.37. The molecule has 1 aliphatic heterocycles. The number of hydrogen-bond acceptors (Lipinski definition) is 5. The van der Waals surface area contributed by atoms with Crippen LogP contribution in [0.3, 0.4) is 0 Å². The average molecular weight is 640 g/mol. The molecule has 48 heavy (non-hydrogen) atoms. The zero-order chi connectivity index (χ0) is 32.5. The van der Waals surface area contributed by atoms with Crippen molar-refractivity contribution in [2.45, 2.75) is 19.3 Å². The van der Waals surface area contributed by atoms with E-state index >= 15 is 4.57 Å². The molecule has 3 heterocycles. The molecule has 6 heteroatoms. The van der Waals surface area contributed by atoms with Crippen LogP contribution >= 0.6 is 7.14 Å². The van der Waals surface area contributed by atoms with Gasteiger partial charge in [0, 0.05) is 48.8 Å². The predicted octanol–water partition coefficient (Wildman–Crippen LogP) is 9.05. The molecule has 0 aliphatic carbocycles. The van der Waals surface area contributed by atoms with Crippen LogP contribution in [0.2, 0.25) is 0 Å². The van der Waals surface area contributed by atoms with E-state index in [1.165, 1.54) is 0 Å². The lowest BCUT2D eigenvalue weighted by atomic mass is 9.77. The SMILES string of the molecule is CC1(C)c2ccccc2P(=O)(c2ccccc2)c2cc3c(cc21)oc1ccc(-c2nc(-c4ccccc4)nc(-c4ccccc4)n2)cc13. The van der Waals surface area contributed by atoms with Crippen LogP contribution in [0.15, 0.2) is 150 Å². The van der Waals surface area contributed by atoms with Gasteiger partial charge in [0.1, 0.15) is 11.2 Å². The van der Waals surface area contributed by atoms with Gasteiger partial charge in [-0.05, 0) is 41.5 Å². The fourth-order valence-electron chi connectivity index (χ4n) is 7.12. The molecule has 0 radical (unpaired) electrons. The molecule has 0 amide bonds. The molecule has 8 aromatic rings. The summed E-state index contributed by atoms with van der Waals surface area (Å²) >= 11 is 0. The van der Waals surface area contributed by atoms with Crippen LogP contribution in [0, 0.1) is 0 Å². The molecule has 2 aromatic heterocycles. The molecule has 9 rings (SSSR count). The first-order valence-electron chi connectivity index (χ1n) is 16.1. The maximum absolute atomic E-state index is 15.6. The fraction of sp³-hybridized carbons (Fsp3) is 0.0714. The predicted molar refractivity (Wildman–Crippen MR) is 195 cm³/mol. The van der Waals surface area contributed by atoms with E-state index < -0.39 is 7.14 Å². The zero-order valence-electron chi connectivity index (χ0n) is 26.5. The molecule has 0 saturated heterocycles. The van der Waals surface area contributed by atoms with E-state index in [1.54, 1.807) is 0 Å². The van der Waals surface area contributed by atoms with Gasteiger partial charge in [0.15, 0.2) is 24.6 Å². The Labute approximate surface area is 278 Å². The third-order valence-electron chi connectivity index (χ3n) is 9.59. The Hall–Kier alpha value is -5.64.